The number of halogens is 3. The normalized spacial score (nSPS) is 23.9. The molecule has 0 radical (unpaired) electrons. The largest absolute Gasteiger partial charge is 0.483 e. The summed E-state index contributed by atoms with van der Waals surface area (Å²) in [4.78, 5) is 43.2. The molecule has 0 saturated carbocycles. The van der Waals surface area contributed by atoms with Crippen LogP contribution in [0.3, 0.4) is 0 Å². The maximum absolute atomic E-state index is 14.5. The summed E-state index contributed by atoms with van der Waals surface area (Å²) in [6.07, 6.45) is 2.90. The Morgan fingerprint density at radius 2 is 1.75 bits per heavy atom. The highest BCUT2D eigenvalue weighted by molar-refractivity contribution is 5.96. The van der Waals surface area contributed by atoms with E-state index in [2.05, 4.69) is 0 Å². The van der Waals surface area contributed by atoms with Crippen molar-refractivity contribution in [1.29, 1.82) is 0 Å². The average Bonchev–Trinajstić information content (AvgIpc) is 3.18. The number of nitrogens with zero attached hydrogens (tertiary/aromatic N) is 3. The van der Waals surface area contributed by atoms with E-state index in [0.717, 1.165) is 5.56 Å². The Bertz CT molecular complexity index is 1540. The topological polar surface area (TPSA) is 71.9 Å². The Labute approximate surface area is 228 Å². The summed E-state index contributed by atoms with van der Waals surface area (Å²) < 4.78 is 50.1. The molecule has 3 aromatic rings. The molecule has 3 aliphatic rings. The highest BCUT2D eigenvalue weighted by Gasteiger charge is 2.54. The van der Waals surface area contributed by atoms with E-state index in [1.165, 1.54) is 11.0 Å². The van der Waals surface area contributed by atoms with Crippen LogP contribution in [0.5, 0.6) is 5.75 Å². The van der Waals surface area contributed by atoms with Gasteiger partial charge in [-0.2, -0.15) is 0 Å². The number of rotatable bonds is 5. The number of ether oxygens (including phenoxy) is 1. The van der Waals surface area contributed by atoms with Crippen molar-refractivity contribution in [3.63, 3.8) is 0 Å². The number of pyridine rings is 1. The molecule has 0 aliphatic carbocycles. The second-order valence-electron chi connectivity index (χ2n) is 11.0. The van der Waals surface area contributed by atoms with Crippen LogP contribution in [0.1, 0.15) is 53.8 Å². The Kier molecular flexibility index (Phi) is 6.43. The predicted octanol–water partition coefficient (Wildman–Crippen LogP) is 4.44. The van der Waals surface area contributed by atoms with Gasteiger partial charge in [-0.05, 0) is 25.3 Å². The molecule has 3 aliphatic heterocycles. The maximum Gasteiger partial charge on any atom is 0.274 e. The van der Waals surface area contributed by atoms with Crippen molar-refractivity contribution in [3.05, 3.63) is 99.2 Å². The minimum atomic E-state index is -1.04. The first-order valence-corrected chi connectivity index (χ1v) is 13.3. The van der Waals surface area contributed by atoms with Crippen molar-refractivity contribution in [2.75, 3.05) is 13.1 Å². The van der Waals surface area contributed by atoms with E-state index in [9.17, 15) is 27.6 Å². The zero-order valence-electron chi connectivity index (χ0n) is 21.9. The predicted molar refractivity (Wildman–Crippen MR) is 139 cm³/mol. The van der Waals surface area contributed by atoms with Crippen LogP contribution in [0.4, 0.5) is 13.2 Å². The molecule has 1 aromatic heterocycles. The van der Waals surface area contributed by atoms with E-state index in [4.69, 9.17) is 4.74 Å². The summed E-state index contributed by atoms with van der Waals surface area (Å²) >= 11 is 0. The molecule has 0 N–H and O–H groups in total. The van der Waals surface area contributed by atoms with Crippen molar-refractivity contribution in [2.45, 2.75) is 51.4 Å². The zero-order valence-corrected chi connectivity index (χ0v) is 21.9. The van der Waals surface area contributed by atoms with Crippen LogP contribution >= 0.6 is 0 Å². The molecule has 10 heteroatoms. The van der Waals surface area contributed by atoms with Crippen LogP contribution in [-0.2, 0) is 17.9 Å². The van der Waals surface area contributed by atoms with Crippen molar-refractivity contribution in [2.24, 2.45) is 5.41 Å². The third-order valence-electron chi connectivity index (χ3n) is 8.59. The van der Waals surface area contributed by atoms with Gasteiger partial charge < -0.3 is 19.1 Å². The number of aromatic nitrogens is 1. The Balaban J connectivity index is 1.38. The van der Waals surface area contributed by atoms with Crippen LogP contribution in [0.2, 0.25) is 0 Å². The number of benzene rings is 2. The van der Waals surface area contributed by atoms with Crippen LogP contribution in [-0.4, -0.2) is 45.3 Å². The molecule has 7 nitrogen and oxygen atoms in total. The minimum absolute atomic E-state index is 0.0352. The van der Waals surface area contributed by atoms with Crippen LogP contribution < -0.4 is 10.2 Å². The summed E-state index contributed by atoms with van der Waals surface area (Å²) in [7, 11) is 0. The highest BCUT2D eigenvalue weighted by Crippen LogP contribution is 2.51. The van der Waals surface area contributed by atoms with Gasteiger partial charge in [-0.1, -0.05) is 30.3 Å². The molecule has 2 fully saturated rings. The van der Waals surface area contributed by atoms with Crippen LogP contribution in [0, 0.1) is 22.9 Å². The lowest BCUT2D eigenvalue weighted by Gasteiger charge is -2.43. The molecule has 208 valence electrons. The molecule has 2 amide bonds. The van der Waals surface area contributed by atoms with E-state index in [1.54, 1.807) is 15.7 Å². The van der Waals surface area contributed by atoms with Gasteiger partial charge >= 0.3 is 0 Å². The number of amides is 2. The lowest BCUT2D eigenvalue weighted by Crippen LogP contribution is -2.50. The van der Waals surface area contributed by atoms with Crippen molar-refractivity contribution in [1.82, 2.24) is 14.4 Å². The molecule has 2 saturated heterocycles. The third kappa shape index (κ3) is 4.35. The molecule has 2 bridgehead atoms. The van der Waals surface area contributed by atoms with E-state index in [0.29, 0.717) is 31.5 Å². The quantitative estimate of drug-likeness (QED) is 0.470. The molecule has 2 aromatic carbocycles. The van der Waals surface area contributed by atoms with Gasteiger partial charge in [0.1, 0.15) is 24.1 Å². The fourth-order valence-electron chi connectivity index (χ4n) is 6.44. The van der Waals surface area contributed by atoms with Gasteiger partial charge in [-0.15, -0.1) is 0 Å². The first-order chi connectivity index (χ1) is 19.2. The van der Waals surface area contributed by atoms with Gasteiger partial charge in [-0.25, -0.2) is 13.2 Å². The van der Waals surface area contributed by atoms with Crippen molar-refractivity contribution >= 4 is 11.8 Å². The molecule has 0 unspecified atom stereocenters. The van der Waals surface area contributed by atoms with E-state index in [1.807, 2.05) is 37.3 Å². The van der Waals surface area contributed by atoms with Gasteiger partial charge in [-0.3, -0.25) is 14.4 Å². The number of likely N-dealkylation sites (tertiary alicyclic amines) is 1. The fraction of sp³-hybridized carbons (Fsp3) is 0.367. The first kappa shape index (κ1) is 26.2. The first-order valence-electron chi connectivity index (χ1n) is 13.3. The summed E-state index contributed by atoms with van der Waals surface area (Å²) in [6.45, 7) is 2.24. The maximum atomic E-state index is 14.5. The number of hydrogen-bond acceptors (Lipinski definition) is 4. The van der Waals surface area contributed by atoms with Gasteiger partial charge in [0.25, 0.3) is 5.91 Å². The highest BCUT2D eigenvalue weighted by atomic mass is 19.1. The number of hydrogen-bond donors (Lipinski definition) is 0. The molecule has 40 heavy (non-hydrogen) atoms. The molecular weight excluding hydrogens is 523 g/mol. The number of carbonyl (C=O) groups excluding carboxylic acids is 2. The Morgan fingerprint density at radius 3 is 2.48 bits per heavy atom. The second-order valence-corrected chi connectivity index (χ2v) is 11.0. The van der Waals surface area contributed by atoms with Gasteiger partial charge in [0.05, 0.1) is 12.6 Å². The number of fused-ring (bicyclic) bond motifs is 5. The van der Waals surface area contributed by atoms with Gasteiger partial charge in [0.2, 0.25) is 11.3 Å². The molecule has 1 spiro atoms. The van der Waals surface area contributed by atoms with Crippen LogP contribution in [0.25, 0.3) is 0 Å². The number of carbonyl (C=O) groups is 2. The molecular formula is C30H28F3N3O4. The summed E-state index contributed by atoms with van der Waals surface area (Å²) in [5.74, 6) is -3.73. The van der Waals surface area contributed by atoms with Crippen molar-refractivity contribution < 1.29 is 27.5 Å². The lowest BCUT2D eigenvalue weighted by molar-refractivity contribution is -0.128. The standard InChI is InChI=1S/C30H28F3N3O4/c1-18-7-9-30(13-26(38)34(17-30)14-21-22(32)11-20(31)12-23(21)33)25-15-36(18)29(39)27-28(24(37)8-10-35(25)27)40-16-19-5-3-2-4-6-19/h2-6,8,10-12,18,25H,7,9,13-17H2,1H3/t18-,25+,30+/m0/s1. The molecule has 3 atom stereocenters. The SMILES string of the molecule is C[C@H]1CC[C@]2(CC(=O)N(Cc3c(F)cc(F)cc3F)C2)[C@H]2CN1C(=O)c1c(OCc3ccccc3)c(=O)ccn12. The van der Waals surface area contributed by atoms with Gasteiger partial charge in [0.15, 0.2) is 11.4 Å². The summed E-state index contributed by atoms with van der Waals surface area (Å²) in [5, 5.41) is 0. The van der Waals surface area contributed by atoms with E-state index >= 15 is 0 Å². The molecule has 4 heterocycles. The molecule has 6 rings (SSSR count). The van der Waals surface area contributed by atoms with E-state index in [-0.39, 0.29) is 67.0 Å². The van der Waals surface area contributed by atoms with E-state index < -0.39 is 28.3 Å². The fourth-order valence-corrected chi connectivity index (χ4v) is 6.44. The minimum Gasteiger partial charge on any atom is -0.483 e. The Hall–Kier alpha value is -4.08. The Morgan fingerprint density at radius 1 is 1.02 bits per heavy atom. The smallest absolute Gasteiger partial charge is 0.274 e. The van der Waals surface area contributed by atoms with Crippen LogP contribution in [0.15, 0.2) is 59.5 Å². The summed E-state index contributed by atoms with van der Waals surface area (Å²) in [5.41, 5.74) is -0.450. The zero-order chi connectivity index (χ0) is 28.2. The lowest BCUT2D eigenvalue weighted by atomic mass is 9.75. The third-order valence-corrected chi connectivity index (χ3v) is 8.59. The summed E-state index contributed by atoms with van der Waals surface area (Å²) in [6, 6.07) is 11.4. The van der Waals surface area contributed by atoms with Crippen molar-refractivity contribution in [3.8, 4) is 5.75 Å². The average molecular weight is 552 g/mol. The monoisotopic (exact) mass is 551 g/mol. The second kappa shape index (κ2) is 9.83. The van der Waals surface area contributed by atoms with Gasteiger partial charge in [0, 0.05) is 60.9 Å².